The number of hydrogen-bond donors (Lipinski definition) is 3. The van der Waals surface area contributed by atoms with Gasteiger partial charge in [-0.25, -0.2) is 4.79 Å². The second-order valence-corrected chi connectivity index (χ2v) is 6.93. The summed E-state index contributed by atoms with van der Waals surface area (Å²) in [4.78, 5) is 29.4. The van der Waals surface area contributed by atoms with Crippen molar-refractivity contribution in [2.75, 3.05) is 25.0 Å². The minimum absolute atomic E-state index is 0.0470. The quantitative estimate of drug-likeness (QED) is 0.435. The molecule has 29 heavy (non-hydrogen) atoms. The number of imidazole rings is 1. The lowest BCUT2D eigenvalue weighted by molar-refractivity contribution is -0.362. The van der Waals surface area contributed by atoms with Gasteiger partial charge in [-0.3, -0.25) is 13.9 Å². The standard InChI is InChI=1S/C19H26N6O4/c1-12-6-4-5-7-14(12)29-11-13(26)10-25-15-16(22-18(25)21-9-8-20)23(2)19(28)24(3)17(15)27/h4-7,13,26H,8-11,20H2,1-3H3,(H,21,22)/p+1/t13-/m1/s1. The van der Waals surface area contributed by atoms with E-state index in [2.05, 4.69) is 16.0 Å². The van der Waals surface area contributed by atoms with Gasteiger partial charge in [0.2, 0.25) is 5.95 Å². The van der Waals surface area contributed by atoms with Crippen LogP contribution in [-0.2, 0) is 20.6 Å². The number of nitrogens with zero attached hydrogens (tertiary/aromatic N) is 4. The zero-order valence-electron chi connectivity index (χ0n) is 16.9. The largest absolute Gasteiger partial charge is 0.491 e. The van der Waals surface area contributed by atoms with E-state index in [0.717, 1.165) is 10.1 Å². The fraction of sp³-hybridized carbons (Fsp3) is 0.421. The molecule has 5 N–H and O–H groups in total. The summed E-state index contributed by atoms with van der Waals surface area (Å²) in [6, 6.07) is 7.54. The third-order valence-electron chi connectivity index (χ3n) is 4.73. The zero-order chi connectivity index (χ0) is 21.1. The molecule has 0 saturated heterocycles. The monoisotopic (exact) mass is 403 g/mol. The van der Waals surface area contributed by atoms with Crippen LogP contribution in [0.2, 0.25) is 0 Å². The van der Waals surface area contributed by atoms with Crippen LogP contribution in [0.3, 0.4) is 0 Å². The predicted molar refractivity (Wildman–Crippen MR) is 109 cm³/mol. The van der Waals surface area contributed by atoms with Gasteiger partial charge in [0.15, 0.2) is 11.2 Å². The van der Waals surface area contributed by atoms with Crippen molar-refractivity contribution in [3.8, 4) is 5.75 Å². The Morgan fingerprint density at radius 2 is 1.97 bits per heavy atom. The van der Waals surface area contributed by atoms with Gasteiger partial charge in [0.05, 0.1) is 19.6 Å². The van der Waals surface area contributed by atoms with Gasteiger partial charge in [0.25, 0.3) is 5.56 Å². The van der Waals surface area contributed by atoms with E-state index in [0.29, 0.717) is 24.8 Å². The smallest absolute Gasteiger partial charge is 0.332 e. The number of benzene rings is 1. The van der Waals surface area contributed by atoms with Crippen molar-refractivity contribution in [3.63, 3.8) is 0 Å². The van der Waals surface area contributed by atoms with Crippen molar-refractivity contribution < 1.29 is 15.6 Å². The lowest BCUT2D eigenvalue weighted by atomic mass is 10.2. The first-order valence-corrected chi connectivity index (χ1v) is 9.41. The maximum atomic E-state index is 12.8. The van der Waals surface area contributed by atoms with Crippen LogP contribution < -0.4 is 27.0 Å². The summed E-state index contributed by atoms with van der Waals surface area (Å²) >= 11 is 0. The zero-order valence-corrected chi connectivity index (χ0v) is 16.9. The van der Waals surface area contributed by atoms with Crippen molar-refractivity contribution in [1.29, 1.82) is 0 Å². The van der Waals surface area contributed by atoms with Crippen molar-refractivity contribution >= 4 is 17.1 Å². The molecule has 0 fully saturated rings. The van der Waals surface area contributed by atoms with Gasteiger partial charge >= 0.3 is 5.69 Å². The number of aromatic nitrogens is 4. The molecule has 0 bridgehead atoms. The maximum Gasteiger partial charge on any atom is 0.332 e. The Kier molecular flexibility index (Phi) is 6.04. The first-order valence-electron chi connectivity index (χ1n) is 9.41. The van der Waals surface area contributed by atoms with Crippen LogP contribution >= 0.6 is 0 Å². The highest BCUT2D eigenvalue weighted by Gasteiger charge is 2.21. The minimum atomic E-state index is -0.894. The van der Waals surface area contributed by atoms with Crippen molar-refractivity contribution in [1.82, 2.24) is 18.7 Å². The molecule has 10 heteroatoms. The van der Waals surface area contributed by atoms with Crippen LogP contribution in [-0.4, -0.2) is 49.6 Å². The minimum Gasteiger partial charge on any atom is -0.491 e. The Bertz CT molecular complexity index is 1130. The number of hydrogen-bond acceptors (Lipinski definition) is 6. The molecule has 1 aromatic carbocycles. The summed E-state index contributed by atoms with van der Waals surface area (Å²) in [6.07, 6.45) is -0.894. The third kappa shape index (κ3) is 4.03. The molecule has 0 aliphatic rings. The van der Waals surface area contributed by atoms with Crippen molar-refractivity contribution in [2.45, 2.75) is 19.6 Å². The summed E-state index contributed by atoms with van der Waals surface area (Å²) in [5.41, 5.74) is 4.34. The van der Waals surface area contributed by atoms with Crippen LogP contribution in [0.25, 0.3) is 11.2 Å². The van der Waals surface area contributed by atoms with Crippen molar-refractivity contribution in [2.24, 2.45) is 14.1 Å². The van der Waals surface area contributed by atoms with E-state index < -0.39 is 17.4 Å². The van der Waals surface area contributed by atoms with Gasteiger partial charge < -0.3 is 25.5 Å². The number of rotatable bonds is 8. The van der Waals surface area contributed by atoms with E-state index in [4.69, 9.17) is 4.74 Å². The number of ether oxygens (including phenoxy) is 1. The number of aliphatic hydroxyl groups excluding tert-OH is 1. The fourth-order valence-corrected chi connectivity index (χ4v) is 3.13. The molecule has 0 amide bonds. The van der Waals surface area contributed by atoms with Gasteiger partial charge in [-0.2, -0.15) is 4.98 Å². The Labute approximate surface area is 167 Å². The van der Waals surface area contributed by atoms with Crippen LogP contribution in [0, 0.1) is 6.92 Å². The molecule has 0 spiro atoms. The SMILES string of the molecule is Cc1ccccc1OC[C@H](O)Cn1c(NCC[NH3+])nc2c1c(=O)n(C)c(=O)n2C. The Hall–Kier alpha value is -3.11. The van der Waals surface area contributed by atoms with Gasteiger partial charge in [-0.1, -0.05) is 18.2 Å². The number of aryl methyl sites for hydroxylation is 2. The molecule has 10 nitrogen and oxygen atoms in total. The van der Waals surface area contributed by atoms with Crippen LogP contribution in [0.4, 0.5) is 5.95 Å². The highest BCUT2D eigenvalue weighted by atomic mass is 16.5. The number of para-hydroxylation sites is 1. The number of anilines is 1. The Morgan fingerprint density at radius 1 is 1.24 bits per heavy atom. The molecule has 3 rings (SSSR count). The predicted octanol–water partition coefficient (Wildman–Crippen LogP) is -1.16. The second kappa shape index (κ2) is 8.50. The fourth-order valence-electron chi connectivity index (χ4n) is 3.13. The maximum absolute atomic E-state index is 12.8. The average Bonchev–Trinajstić information content (AvgIpc) is 3.06. The van der Waals surface area contributed by atoms with E-state index in [1.807, 2.05) is 31.2 Å². The van der Waals surface area contributed by atoms with E-state index in [1.54, 1.807) is 11.6 Å². The lowest BCUT2D eigenvalue weighted by Gasteiger charge is -2.16. The van der Waals surface area contributed by atoms with Crippen molar-refractivity contribution in [3.05, 3.63) is 50.7 Å². The van der Waals surface area contributed by atoms with E-state index in [1.165, 1.54) is 11.6 Å². The molecule has 0 unspecified atom stereocenters. The number of nitrogens with one attached hydrogen (secondary N) is 1. The average molecular weight is 403 g/mol. The highest BCUT2D eigenvalue weighted by molar-refractivity contribution is 5.74. The van der Waals surface area contributed by atoms with Gasteiger partial charge in [0.1, 0.15) is 18.5 Å². The summed E-state index contributed by atoms with van der Waals surface area (Å²) < 4.78 is 9.67. The first-order chi connectivity index (χ1) is 13.8. The van der Waals surface area contributed by atoms with Crippen LogP contribution in [0.15, 0.2) is 33.9 Å². The molecule has 0 radical (unpaired) electrons. The topological polar surface area (TPSA) is 131 Å². The molecule has 156 valence electrons. The van der Waals surface area contributed by atoms with E-state index in [-0.39, 0.29) is 24.3 Å². The molecule has 2 aromatic heterocycles. The summed E-state index contributed by atoms with van der Waals surface area (Å²) in [6.45, 7) is 3.20. The normalized spacial score (nSPS) is 12.3. The third-order valence-corrected chi connectivity index (χ3v) is 4.73. The molecule has 0 aliphatic carbocycles. The Morgan fingerprint density at radius 3 is 2.66 bits per heavy atom. The number of quaternary nitrogens is 1. The van der Waals surface area contributed by atoms with Crippen LogP contribution in [0.1, 0.15) is 5.56 Å². The Balaban J connectivity index is 1.95. The molecule has 3 aromatic rings. The lowest BCUT2D eigenvalue weighted by Crippen LogP contribution is -2.53. The number of fused-ring (bicyclic) bond motifs is 1. The molecule has 2 heterocycles. The summed E-state index contributed by atoms with van der Waals surface area (Å²) in [5, 5.41) is 13.7. The molecule has 0 aliphatic heterocycles. The van der Waals surface area contributed by atoms with E-state index >= 15 is 0 Å². The summed E-state index contributed by atoms with van der Waals surface area (Å²) in [7, 11) is 2.98. The molecule has 0 saturated carbocycles. The molecule has 1 atom stereocenters. The number of aliphatic hydroxyl groups is 1. The molecular weight excluding hydrogens is 376 g/mol. The van der Waals surface area contributed by atoms with Crippen LogP contribution in [0.5, 0.6) is 5.75 Å². The first kappa shape index (κ1) is 20.6. The van der Waals surface area contributed by atoms with Gasteiger partial charge in [-0.15, -0.1) is 0 Å². The van der Waals surface area contributed by atoms with Gasteiger partial charge in [-0.05, 0) is 18.6 Å². The molecular formula is C19H27N6O4+. The highest BCUT2D eigenvalue weighted by Crippen LogP contribution is 2.18. The van der Waals surface area contributed by atoms with Gasteiger partial charge in [0, 0.05) is 14.1 Å². The van der Waals surface area contributed by atoms with E-state index in [9.17, 15) is 14.7 Å². The summed E-state index contributed by atoms with van der Waals surface area (Å²) in [5.74, 6) is 1.09. The second-order valence-electron chi connectivity index (χ2n) is 6.93.